The van der Waals surface area contributed by atoms with Crippen LogP contribution in [0.2, 0.25) is 0 Å². The second kappa shape index (κ2) is 16.1. The van der Waals surface area contributed by atoms with Crippen LogP contribution in [0.3, 0.4) is 0 Å². The van der Waals surface area contributed by atoms with E-state index in [2.05, 4.69) is 0 Å². The van der Waals surface area contributed by atoms with Crippen LogP contribution >= 0.6 is 0 Å². The highest BCUT2D eigenvalue weighted by Crippen LogP contribution is 2.41. The van der Waals surface area contributed by atoms with E-state index in [0.29, 0.717) is 22.0 Å². The molecule has 0 saturated heterocycles. The van der Waals surface area contributed by atoms with Crippen LogP contribution in [-0.4, -0.2) is 161 Å². The van der Waals surface area contributed by atoms with Gasteiger partial charge in [0, 0.05) is 27.7 Å². The van der Waals surface area contributed by atoms with Gasteiger partial charge in [-0.3, -0.25) is 0 Å². The summed E-state index contributed by atoms with van der Waals surface area (Å²) in [5.74, 6) is -0.312. The zero-order chi connectivity index (χ0) is 48.0. The molecule has 0 N–H and O–H groups in total. The lowest BCUT2D eigenvalue weighted by molar-refractivity contribution is 1.07. The summed E-state index contributed by atoms with van der Waals surface area (Å²) in [5, 5.41) is 5.82. The van der Waals surface area contributed by atoms with Gasteiger partial charge in [0.2, 0.25) is 0 Å². The Morgan fingerprint density at radius 2 is 0.567 bits per heavy atom. The first kappa shape index (κ1) is 45.3. The molecule has 0 bridgehead atoms. The summed E-state index contributed by atoms with van der Waals surface area (Å²) in [4.78, 5) is 14.9. The van der Waals surface area contributed by atoms with Crippen molar-refractivity contribution in [3.8, 4) is 39.9 Å². The Morgan fingerprint density at radius 3 is 0.940 bits per heavy atom. The van der Waals surface area contributed by atoms with Crippen LogP contribution in [0.15, 0.2) is 60.7 Å². The van der Waals surface area contributed by atoms with Gasteiger partial charge in [0.1, 0.15) is 141 Å². The highest BCUT2D eigenvalue weighted by atomic mass is 15.1. The largest absolute Gasteiger partial charge is 0.310 e. The van der Waals surface area contributed by atoms with Crippen LogP contribution in [0.25, 0.3) is 94.0 Å². The van der Waals surface area contributed by atoms with Crippen LogP contribution in [0.1, 0.15) is 0 Å². The van der Waals surface area contributed by atoms with E-state index >= 15 is 0 Å². The topological polar surface area (TPSA) is 43.6 Å². The molecule has 264 valence electrons. The van der Waals surface area contributed by atoms with E-state index < -0.39 is 0 Å². The molecule has 8 aromatic carbocycles. The van der Waals surface area contributed by atoms with E-state index in [9.17, 15) is 0 Å². The number of rotatable bonds is 4. The third kappa shape index (κ3) is 6.36. The summed E-state index contributed by atoms with van der Waals surface area (Å²) in [5.41, 5.74) is 0.612. The molecule has 0 aliphatic heterocycles. The van der Waals surface area contributed by atoms with Gasteiger partial charge in [-0.15, -0.1) is 54.6 Å². The first-order valence-corrected chi connectivity index (χ1v) is 20.3. The van der Waals surface area contributed by atoms with E-state index in [-0.39, 0.29) is 138 Å². The van der Waals surface area contributed by atoms with Crippen LogP contribution in [0.5, 0.6) is 0 Å². The maximum absolute atomic E-state index is 6.99. The van der Waals surface area contributed by atoms with Crippen molar-refractivity contribution in [3.63, 3.8) is 0 Å². The van der Waals surface area contributed by atoms with Gasteiger partial charge in [-0.05, 0) is 55.2 Å². The smallest absolute Gasteiger partial charge is 0.166 e. The SMILES string of the molecule is [B]c1c([B])c([B])c(-c2nc(-c3cc4c5ccccc5c5ccccc5c4cc3-n3c4c([B])c([B])c([B])c([B])c4c4c([B])c([B])c([B])c([B])c43)nc(-c3c([B])c([B])c([B])c([B])c3[B])n2)c([B])c1[B]. The van der Waals surface area contributed by atoms with Crippen LogP contribution in [0, 0.1) is 0 Å². The Hall–Kier alpha value is -5.48. The number of aromatic nitrogens is 4. The Kier molecular flexibility index (Phi) is 10.9. The minimum Gasteiger partial charge on any atom is -0.310 e. The van der Waals surface area contributed by atoms with E-state index in [4.69, 9.17) is 156 Å². The molecule has 10 rings (SSSR count). The van der Waals surface area contributed by atoms with E-state index in [1.54, 1.807) is 4.57 Å². The summed E-state index contributed by atoms with van der Waals surface area (Å²) >= 11 is 0. The quantitative estimate of drug-likeness (QED) is 0.132. The summed E-state index contributed by atoms with van der Waals surface area (Å²) in [6, 6.07) is 19.7. The van der Waals surface area contributed by atoms with Gasteiger partial charge in [0.15, 0.2) is 17.5 Å². The summed E-state index contributed by atoms with van der Waals surface area (Å²) in [7, 11) is 119. The standard InChI is InChI=1S/C45H10B18N4/c46-23-19-20-24(47)30(53)38(61)40(63)42(20)67(41(19)39(62)37(60)29(23)52)18-10-16-14-8-4-2-6-12(14)11-5-1-3-7-13(11)15(16)9-17(18)43-64-44(21-25(48)31(54)35(58)32(55)26(21)49)66-45(65-43)22-27(50)33(56)36(59)34(57)28(22)51/h1-10H. The zero-order valence-corrected chi connectivity index (χ0v) is 35.5. The predicted octanol–water partition coefficient (Wildman–Crippen LogP) is -10.3. The van der Waals surface area contributed by atoms with Crippen molar-refractivity contribution in [1.82, 2.24) is 19.5 Å². The van der Waals surface area contributed by atoms with Gasteiger partial charge >= 0.3 is 0 Å². The fourth-order valence-corrected chi connectivity index (χ4v) is 9.16. The van der Waals surface area contributed by atoms with Crippen LogP contribution in [-0.2, 0) is 0 Å². The van der Waals surface area contributed by atoms with Gasteiger partial charge in [0.05, 0.1) is 5.69 Å². The third-order valence-corrected chi connectivity index (χ3v) is 12.8. The Balaban J connectivity index is 1.49. The average Bonchev–Trinajstić information content (AvgIpc) is 3.70. The zero-order valence-electron chi connectivity index (χ0n) is 35.5. The van der Waals surface area contributed by atoms with Crippen molar-refractivity contribution >= 4 is 294 Å². The summed E-state index contributed by atoms with van der Waals surface area (Å²) < 4.78 is 1.72. The number of hydrogen-bond donors (Lipinski definition) is 0. The molecule has 0 fully saturated rings. The lowest BCUT2D eigenvalue weighted by Gasteiger charge is -2.24. The van der Waals surface area contributed by atoms with Crippen molar-refractivity contribution in [3.05, 3.63) is 60.7 Å². The second-order valence-corrected chi connectivity index (χ2v) is 16.3. The monoisotopic (exact) mass is 804 g/mol. The molecule has 2 aromatic heterocycles. The molecule has 0 aliphatic rings. The molecule has 0 unspecified atom stereocenters. The molecule has 10 aromatic rings. The molecule has 4 nitrogen and oxygen atoms in total. The molecule has 0 spiro atoms. The summed E-state index contributed by atoms with van der Waals surface area (Å²) in [6.07, 6.45) is 0. The highest BCUT2D eigenvalue weighted by Gasteiger charge is 2.28. The highest BCUT2D eigenvalue weighted by molar-refractivity contribution is 6.73. The minimum absolute atomic E-state index is 0.00908. The fraction of sp³-hybridized carbons (Fsp3) is 0. The third-order valence-electron chi connectivity index (χ3n) is 12.8. The number of hydrogen-bond acceptors (Lipinski definition) is 3. The van der Waals surface area contributed by atoms with Gasteiger partial charge in [0.25, 0.3) is 0 Å². The maximum atomic E-state index is 6.99. The normalized spacial score (nSPS) is 11.8. The molecule has 0 atom stereocenters. The Morgan fingerprint density at radius 1 is 0.284 bits per heavy atom. The van der Waals surface area contributed by atoms with Crippen molar-refractivity contribution in [1.29, 1.82) is 0 Å². The first-order chi connectivity index (χ1) is 31.8. The average molecular weight is 801 g/mol. The van der Waals surface area contributed by atoms with Crippen molar-refractivity contribution < 1.29 is 0 Å². The molecule has 0 saturated carbocycles. The number of fused-ring (bicyclic) bond motifs is 9. The van der Waals surface area contributed by atoms with E-state index in [1.165, 1.54) is 0 Å². The van der Waals surface area contributed by atoms with Gasteiger partial charge < -0.3 is 4.57 Å². The molecule has 0 aliphatic carbocycles. The lowest BCUT2D eigenvalue weighted by atomic mass is 9.60. The predicted molar refractivity (Wildman–Crippen MR) is 300 cm³/mol. The maximum Gasteiger partial charge on any atom is 0.166 e. The van der Waals surface area contributed by atoms with Gasteiger partial charge in [-0.1, -0.05) is 92.2 Å². The molecular formula is C45H10B18N4. The molecule has 22 heteroatoms. The van der Waals surface area contributed by atoms with Gasteiger partial charge in [-0.25, -0.2) is 15.0 Å². The van der Waals surface area contributed by atoms with Crippen LogP contribution in [0.4, 0.5) is 0 Å². The minimum atomic E-state index is -0.139. The molecule has 67 heavy (non-hydrogen) atoms. The summed E-state index contributed by atoms with van der Waals surface area (Å²) in [6.45, 7) is 0. The van der Waals surface area contributed by atoms with E-state index in [0.717, 1.165) is 32.3 Å². The van der Waals surface area contributed by atoms with Gasteiger partial charge in [-0.2, -0.15) is 0 Å². The van der Waals surface area contributed by atoms with Crippen molar-refractivity contribution in [2.75, 3.05) is 0 Å². The molecule has 36 radical (unpaired) electrons. The number of nitrogens with zero attached hydrogens (tertiary/aromatic N) is 4. The van der Waals surface area contributed by atoms with E-state index in [1.807, 2.05) is 60.7 Å². The van der Waals surface area contributed by atoms with Crippen molar-refractivity contribution in [2.24, 2.45) is 0 Å². The Labute approximate surface area is 411 Å². The van der Waals surface area contributed by atoms with Crippen LogP contribution < -0.4 is 98.3 Å². The molecule has 0 amide bonds. The Bertz CT molecular complexity index is 3700. The van der Waals surface area contributed by atoms with Crippen molar-refractivity contribution in [2.45, 2.75) is 0 Å². The second-order valence-electron chi connectivity index (χ2n) is 16.3. The lowest BCUT2D eigenvalue weighted by Crippen LogP contribution is -2.55. The molecule has 2 heterocycles. The molecular weight excluding hydrogens is 791 g/mol. The number of benzene rings is 8. The fourth-order valence-electron chi connectivity index (χ4n) is 9.16. The first-order valence-electron chi connectivity index (χ1n) is 20.3.